The predicted octanol–water partition coefficient (Wildman–Crippen LogP) is 3.95. The molecule has 2 aromatic carbocycles. The molecule has 0 amide bonds. The fourth-order valence-electron chi connectivity index (χ4n) is 2.90. The first-order valence-electron chi connectivity index (χ1n) is 8.80. The zero-order valence-corrected chi connectivity index (χ0v) is 14.5. The van der Waals surface area contributed by atoms with E-state index in [9.17, 15) is 0 Å². The smallest absolute Gasteiger partial charge is 0.0416 e. The van der Waals surface area contributed by atoms with Crippen molar-refractivity contribution in [2.45, 2.75) is 19.4 Å². The summed E-state index contributed by atoms with van der Waals surface area (Å²) in [4.78, 5) is 6.95. The number of nitrogens with two attached hydrogens (primary N) is 1. The summed E-state index contributed by atoms with van der Waals surface area (Å²) in [7, 11) is 0. The van der Waals surface area contributed by atoms with E-state index < -0.39 is 0 Å². The minimum absolute atomic E-state index is 0.819. The van der Waals surface area contributed by atoms with Gasteiger partial charge in [0.1, 0.15) is 0 Å². The molecule has 0 fully saturated rings. The van der Waals surface area contributed by atoms with Crippen LogP contribution in [0.1, 0.15) is 16.8 Å². The first kappa shape index (κ1) is 17.2. The Balaban J connectivity index is 1.61. The zero-order chi connectivity index (χ0) is 17.3. The van der Waals surface area contributed by atoms with Crippen molar-refractivity contribution >= 4 is 5.69 Å². The number of nitrogen functional groups attached to an aromatic ring is 1. The number of anilines is 1. The average molecular weight is 331 g/mol. The normalized spacial score (nSPS) is 10.9. The van der Waals surface area contributed by atoms with Gasteiger partial charge in [0.15, 0.2) is 0 Å². The molecule has 0 radical (unpaired) electrons. The topological polar surface area (TPSA) is 42.1 Å². The summed E-state index contributed by atoms with van der Waals surface area (Å²) in [5.41, 5.74) is 10.4. The highest BCUT2D eigenvalue weighted by atomic mass is 15.1. The van der Waals surface area contributed by atoms with Gasteiger partial charge in [0.2, 0.25) is 0 Å². The Morgan fingerprint density at radius 2 is 1.44 bits per heavy atom. The lowest BCUT2D eigenvalue weighted by Gasteiger charge is -2.22. The van der Waals surface area contributed by atoms with Crippen molar-refractivity contribution in [1.82, 2.24) is 9.88 Å². The summed E-state index contributed by atoms with van der Waals surface area (Å²) in [6.45, 7) is 2.98. The van der Waals surface area contributed by atoms with Crippen LogP contribution in [0, 0.1) is 0 Å². The molecule has 2 N–H and O–H groups in total. The van der Waals surface area contributed by atoms with Crippen molar-refractivity contribution in [3.8, 4) is 0 Å². The standard InChI is InChI=1S/C22H25N3/c23-21-11-9-19(10-12-21)13-16-25(18-20-6-2-1-3-7-20)17-14-22-8-4-5-15-24-22/h1-12,15H,13-14,16-18,23H2. The lowest BCUT2D eigenvalue weighted by Crippen LogP contribution is -2.28. The van der Waals surface area contributed by atoms with Gasteiger partial charge in [-0.25, -0.2) is 0 Å². The molecule has 0 aliphatic rings. The molecular formula is C22H25N3. The van der Waals surface area contributed by atoms with Crippen LogP contribution in [0.3, 0.4) is 0 Å². The Bertz CT molecular complexity index is 739. The van der Waals surface area contributed by atoms with E-state index in [4.69, 9.17) is 5.73 Å². The highest BCUT2D eigenvalue weighted by Gasteiger charge is 2.07. The average Bonchev–Trinajstić information content (AvgIpc) is 2.67. The lowest BCUT2D eigenvalue weighted by atomic mass is 10.1. The first-order valence-corrected chi connectivity index (χ1v) is 8.80. The van der Waals surface area contributed by atoms with E-state index in [-0.39, 0.29) is 0 Å². The largest absolute Gasteiger partial charge is 0.399 e. The van der Waals surface area contributed by atoms with E-state index in [0.29, 0.717) is 0 Å². The van der Waals surface area contributed by atoms with Crippen LogP contribution in [0.15, 0.2) is 79.0 Å². The maximum Gasteiger partial charge on any atom is 0.0416 e. The lowest BCUT2D eigenvalue weighted by molar-refractivity contribution is 0.271. The summed E-state index contributed by atoms with van der Waals surface area (Å²) in [6.07, 6.45) is 3.86. The van der Waals surface area contributed by atoms with Crippen LogP contribution < -0.4 is 5.73 Å². The molecular weight excluding hydrogens is 306 g/mol. The minimum Gasteiger partial charge on any atom is -0.399 e. The van der Waals surface area contributed by atoms with Gasteiger partial charge in [-0.1, -0.05) is 48.5 Å². The third-order valence-electron chi connectivity index (χ3n) is 4.36. The van der Waals surface area contributed by atoms with Gasteiger partial charge in [0.05, 0.1) is 0 Å². The molecule has 0 bridgehead atoms. The molecule has 1 aromatic heterocycles. The molecule has 0 atom stereocenters. The molecule has 1 heterocycles. The third-order valence-corrected chi connectivity index (χ3v) is 4.36. The maximum atomic E-state index is 5.78. The number of hydrogen-bond acceptors (Lipinski definition) is 3. The second-order valence-corrected chi connectivity index (χ2v) is 6.32. The van der Waals surface area contributed by atoms with Crippen LogP contribution >= 0.6 is 0 Å². The third kappa shape index (κ3) is 5.73. The van der Waals surface area contributed by atoms with Crippen LogP contribution in [-0.4, -0.2) is 23.0 Å². The van der Waals surface area contributed by atoms with Gasteiger partial charge in [-0.15, -0.1) is 0 Å². The van der Waals surface area contributed by atoms with Crippen LogP contribution in [0.4, 0.5) is 5.69 Å². The summed E-state index contributed by atoms with van der Waals surface area (Å²) >= 11 is 0. The molecule has 0 unspecified atom stereocenters. The Labute approximate surface area is 150 Å². The van der Waals surface area contributed by atoms with Crippen molar-refractivity contribution in [2.75, 3.05) is 18.8 Å². The van der Waals surface area contributed by atoms with Gasteiger partial charge < -0.3 is 5.73 Å². The summed E-state index contributed by atoms with van der Waals surface area (Å²) in [5, 5.41) is 0. The Kier molecular flexibility index (Phi) is 6.18. The van der Waals surface area contributed by atoms with Gasteiger partial charge in [0.25, 0.3) is 0 Å². The second kappa shape index (κ2) is 9.00. The predicted molar refractivity (Wildman–Crippen MR) is 104 cm³/mol. The molecule has 0 spiro atoms. The fourth-order valence-corrected chi connectivity index (χ4v) is 2.90. The molecule has 3 nitrogen and oxygen atoms in total. The second-order valence-electron chi connectivity index (χ2n) is 6.32. The number of rotatable bonds is 8. The number of nitrogens with zero attached hydrogens (tertiary/aromatic N) is 2. The zero-order valence-electron chi connectivity index (χ0n) is 14.5. The van der Waals surface area contributed by atoms with Gasteiger partial charge in [0, 0.05) is 43.6 Å². The van der Waals surface area contributed by atoms with Gasteiger partial charge in [-0.3, -0.25) is 9.88 Å². The fraction of sp³-hybridized carbons (Fsp3) is 0.227. The summed E-state index contributed by atoms with van der Waals surface area (Å²) in [6, 6.07) is 25.0. The quantitative estimate of drug-likeness (QED) is 0.636. The number of pyridine rings is 1. The van der Waals surface area contributed by atoms with E-state index in [0.717, 1.165) is 43.9 Å². The molecule has 0 saturated heterocycles. The van der Waals surface area contributed by atoms with Crippen molar-refractivity contribution in [3.63, 3.8) is 0 Å². The Morgan fingerprint density at radius 1 is 0.720 bits per heavy atom. The molecule has 25 heavy (non-hydrogen) atoms. The summed E-state index contributed by atoms with van der Waals surface area (Å²) in [5.74, 6) is 0. The van der Waals surface area contributed by atoms with Crippen LogP contribution in [0.2, 0.25) is 0 Å². The molecule has 128 valence electrons. The summed E-state index contributed by atoms with van der Waals surface area (Å²) < 4.78 is 0. The van der Waals surface area contributed by atoms with Gasteiger partial charge >= 0.3 is 0 Å². The SMILES string of the molecule is Nc1ccc(CCN(CCc2ccccn2)Cc2ccccc2)cc1. The van der Waals surface area contributed by atoms with Crippen LogP contribution in [-0.2, 0) is 19.4 Å². The van der Waals surface area contributed by atoms with Crippen molar-refractivity contribution in [2.24, 2.45) is 0 Å². The van der Waals surface area contributed by atoms with Crippen molar-refractivity contribution in [1.29, 1.82) is 0 Å². The molecule has 3 aromatic rings. The highest BCUT2D eigenvalue weighted by Crippen LogP contribution is 2.10. The van der Waals surface area contributed by atoms with E-state index >= 15 is 0 Å². The molecule has 0 aliphatic carbocycles. The minimum atomic E-state index is 0.819. The van der Waals surface area contributed by atoms with Crippen molar-refractivity contribution in [3.05, 3.63) is 95.8 Å². The molecule has 0 aliphatic heterocycles. The van der Waals surface area contributed by atoms with Crippen molar-refractivity contribution < 1.29 is 0 Å². The molecule has 3 heteroatoms. The monoisotopic (exact) mass is 331 g/mol. The van der Waals surface area contributed by atoms with Gasteiger partial charge in [-0.05, 0) is 41.8 Å². The van der Waals surface area contributed by atoms with E-state index in [2.05, 4.69) is 64.5 Å². The highest BCUT2D eigenvalue weighted by molar-refractivity contribution is 5.39. The van der Waals surface area contributed by atoms with Crippen LogP contribution in [0.5, 0.6) is 0 Å². The number of hydrogen-bond donors (Lipinski definition) is 1. The first-order chi connectivity index (χ1) is 12.3. The van der Waals surface area contributed by atoms with Gasteiger partial charge in [-0.2, -0.15) is 0 Å². The van der Waals surface area contributed by atoms with Crippen LogP contribution in [0.25, 0.3) is 0 Å². The van der Waals surface area contributed by atoms with E-state index in [1.54, 1.807) is 0 Å². The number of benzene rings is 2. The van der Waals surface area contributed by atoms with E-state index in [1.807, 2.05) is 24.4 Å². The molecule has 0 saturated carbocycles. The molecule has 3 rings (SSSR count). The Hall–Kier alpha value is -2.65. The number of aromatic nitrogens is 1. The Morgan fingerprint density at radius 3 is 2.16 bits per heavy atom. The maximum absolute atomic E-state index is 5.78. The van der Waals surface area contributed by atoms with E-state index in [1.165, 1.54) is 11.1 Å².